The highest BCUT2D eigenvalue weighted by Crippen LogP contribution is 2.21. The van der Waals surface area contributed by atoms with E-state index in [0.717, 1.165) is 6.92 Å². The van der Waals surface area contributed by atoms with E-state index in [4.69, 9.17) is 5.11 Å². The number of carboxylic acids is 3. The van der Waals surface area contributed by atoms with Crippen molar-refractivity contribution in [3.63, 3.8) is 0 Å². The molecule has 0 aromatic rings. The lowest BCUT2D eigenvalue weighted by Gasteiger charge is -2.33. The maximum atomic E-state index is 13.7. The summed E-state index contributed by atoms with van der Waals surface area (Å²) in [6.45, 7) is 7.82. The van der Waals surface area contributed by atoms with Crippen molar-refractivity contribution in [2.24, 2.45) is 11.8 Å². The van der Waals surface area contributed by atoms with Gasteiger partial charge in [-0.2, -0.15) is 12.6 Å². The number of nitrogens with one attached hydrogen (secondary N) is 5. The van der Waals surface area contributed by atoms with E-state index >= 15 is 0 Å². The molecule has 6 unspecified atom stereocenters. The molecule has 0 aromatic carbocycles. The lowest BCUT2D eigenvalue weighted by atomic mass is 9.95. The lowest BCUT2D eigenvalue weighted by molar-refractivity contribution is -0.145. The minimum absolute atomic E-state index is 0.165. The molecule has 0 aliphatic carbocycles. The van der Waals surface area contributed by atoms with Gasteiger partial charge in [0.1, 0.15) is 36.3 Å². The molecular weight excluding hydrogens is 656 g/mol. The van der Waals surface area contributed by atoms with Crippen molar-refractivity contribution in [3.05, 3.63) is 0 Å². The van der Waals surface area contributed by atoms with Crippen molar-refractivity contribution >= 4 is 66.0 Å². The Hall–Kier alpha value is -4.42. The van der Waals surface area contributed by atoms with Crippen LogP contribution in [-0.2, 0) is 43.2 Å². The van der Waals surface area contributed by atoms with E-state index < -0.39 is 114 Å². The molecule has 1 rings (SSSR count). The number of carboxylic acid groups (broad SMARTS) is 3. The van der Waals surface area contributed by atoms with Gasteiger partial charge in [-0.15, -0.1) is 0 Å². The minimum Gasteiger partial charge on any atom is -0.481 e. The van der Waals surface area contributed by atoms with Gasteiger partial charge in [0.15, 0.2) is 0 Å². The van der Waals surface area contributed by atoms with Crippen LogP contribution in [0.4, 0.5) is 0 Å². The van der Waals surface area contributed by atoms with Gasteiger partial charge in [0.2, 0.25) is 35.4 Å². The van der Waals surface area contributed by atoms with Gasteiger partial charge in [-0.05, 0) is 24.7 Å². The van der Waals surface area contributed by atoms with Gasteiger partial charge in [0.25, 0.3) is 0 Å². The largest absolute Gasteiger partial charge is 0.481 e. The number of hydrogen-bond donors (Lipinski definition) is 9. The number of carbonyl (C=O) groups excluding carboxylic acids is 6. The Morgan fingerprint density at radius 3 is 1.73 bits per heavy atom. The average molecular weight is 703 g/mol. The third-order valence-corrected chi connectivity index (χ3v) is 8.11. The zero-order valence-corrected chi connectivity index (χ0v) is 28.4. The molecule has 18 nitrogen and oxygen atoms in total. The summed E-state index contributed by atoms with van der Waals surface area (Å²) in [7, 11) is 0. The van der Waals surface area contributed by atoms with Gasteiger partial charge in [-0.3, -0.25) is 38.4 Å². The fourth-order valence-electron chi connectivity index (χ4n) is 4.93. The van der Waals surface area contributed by atoms with Gasteiger partial charge in [0.05, 0.1) is 12.8 Å². The maximum absolute atomic E-state index is 13.7. The van der Waals surface area contributed by atoms with E-state index in [0.29, 0.717) is 12.8 Å². The molecule has 1 fully saturated rings. The molecule has 0 bridgehead atoms. The van der Waals surface area contributed by atoms with Gasteiger partial charge in [-0.25, -0.2) is 4.79 Å². The lowest BCUT2D eigenvalue weighted by Crippen LogP contribution is -2.61. The summed E-state index contributed by atoms with van der Waals surface area (Å²) in [5, 5.41) is 39.5. The SMILES string of the molecule is CCC(C)C(NC(=O)[C@@H](CC(=O)O)NC(=O)C(CC(=O)O)NC(C)=O)C(=O)NC(C(=O)N1CCCC1C(=O)NC(CS)C(=O)O)C(C)C. The Kier molecular flexibility index (Phi) is 16.8. The van der Waals surface area contributed by atoms with E-state index in [-0.39, 0.29) is 18.7 Å². The molecule has 19 heteroatoms. The standard InChI is InChI=1S/C29H46N6O12S/c1-6-14(4)23(34-25(42)17(11-21(39)40)31-24(41)16(10-20(37)38)30-15(5)36)27(44)33-22(13(2)3)28(45)35-9-7-8-19(35)26(43)32-18(12-48)29(46)47/h13-14,16-19,22-23,48H,6-12H2,1-5H3,(H,30,36)(H,31,41)(H,32,43)(H,33,44)(H,34,42)(H,37,38)(H,39,40)(H,46,47)/t14?,16?,17-,18?,19?,22?,23?/m1/s1. The molecule has 0 spiro atoms. The number of nitrogens with zero attached hydrogens (tertiary/aromatic N) is 1. The van der Waals surface area contributed by atoms with Crippen LogP contribution in [0.5, 0.6) is 0 Å². The first-order valence-corrected chi connectivity index (χ1v) is 16.0. The number of rotatable bonds is 19. The van der Waals surface area contributed by atoms with Gasteiger partial charge in [0, 0.05) is 19.2 Å². The number of thiol groups is 1. The van der Waals surface area contributed by atoms with Crippen molar-refractivity contribution in [1.82, 2.24) is 31.5 Å². The second-order valence-electron chi connectivity index (χ2n) is 11.9. The number of amides is 6. The van der Waals surface area contributed by atoms with Crippen molar-refractivity contribution in [1.29, 1.82) is 0 Å². The normalized spacial score (nSPS) is 17.9. The van der Waals surface area contributed by atoms with Crippen LogP contribution in [0, 0.1) is 11.8 Å². The number of carbonyl (C=O) groups is 9. The molecule has 1 aliphatic heterocycles. The van der Waals surface area contributed by atoms with Crippen LogP contribution in [0.2, 0.25) is 0 Å². The highest BCUT2D eigenvalue weighted by Gasteiger charge is 2.41. The van der Waals surface area contributed by atoms with Crippen molar-refractivity contribution in [2.45, 2.75) is 103 Å². The van der Waals surface area contributed by atoms with Crippen molar-refractivity contribution < 1.29 is 58.5 Å². The van der Waals surface area contributed by atoms with E-state index in [1.54, 1.807) is 27.7 Å². The Balaban J connectivity index is 3.23. The smallest absolute Gasteiger partial charge is 0.327 e. The Morgan fingerprint density at radius 2 is 1.27 bits per heavy atom. The first-order valence-electron chi connectivity index (χ1n) is 15.4. The third kappa shape index (κ3) is 12.6. The molecule has 1 saturated heterocycles. The molecule has 0 radical (unpaired) electrons. The molecule has 8 N–H and O–H groups in total. The van der Waals surface area contributed by atoms with Crippen LogP contribution in [0.25, 0.3) is 0 Å². The quantitative estimate of drug-likeness (QED) is 0.0667. The fraction of sp³-hybridized carbons (Fsp3) is 0.690. The molecule has 1 aliphatic rings. The zero-order chi connectivity index (χ0) is 36.9. The average Bonchev–Trinajstić information content (AvgIpc) is 3.48. The third-order valence-electron chi connectivity index (χ3n) is 7.74. The molecule has 6 amide bonds. The first-order chi connectivity index (χ1) is 22.3. The van der Waals surface area contributed by atoms with E-state index in [9.17, 15) is 53.4 Å². The van der Waals surface area contributed by atoms with Gasteiger partial charge < -0.3 is 46.8 Å². The van der Waals surface area contributed by atoms with Crippen LogP contribution >= 0.6 is 12.6 Å². The van der Waals surface area contributed by atoms with Gasteiger partial charge >= 0.3 is 17.9 Å². The summed E-state index contributed by atoms with van der Waals surface area (Å²) >= 11 is 3.94. The molecule has 48 heavy (non-hydrogen) atoms. The molecule has 1 heterocycles. The molecule has 270 valence electrons. The monoisotopic (exact) mass is 702 g/mol. The van der Waals surface area contributed by atoms with E-state index in [1.165, 1.54) is 4.90 Å². The van der Waals surface area contributed by atoms with Gasteiger partial charge in [-0.1, -0.05) is 34.1 Å². The van der Waals surface area contributed by atoms with Crippen LogP contribution in [0.3, 0.4) is 0 Å². The van der Waals surface area contributed by atoms with E-state index in [1.807, 2.05) is 0 Å². The summed E-state index contributed by atoms with van der Waals surface area (Å²) in [6.07, 6.45) is -0.772. The second-order valence-corrected chi connectivity index (χ2v) is 12.2. The predicted molar refractivity (Wildman–Crippen MR) is 170 cm³/mol. The minimum atomic E-state index is -1.78. The predicted octanol–water partition coefficient (Wildman–Crippen LogP) is -1.91. The van der Waals surface area contributed by atoms with Crippen LogP contribution in [0.1, 0.15) is 66.7 Å². The summed E-state index contributed by atoms with van der Waals surface area (Å²) in [5.41, 5.74) is 0. The zero-order valence-electron chi connectivity index (χ0n) is 27.5. The summed E-state index contributed by atoms with van der Waals surface area (Å²) in [4.78, 5) is 113. The summed E-state index contributed by atoms with van der Waals surface area (Å²) in [6, 6.07) is -8.19. The summed E-state index contributed by atoms with van der Waals surface area (Å²) in [5.74, 6) is -10.6. The van der Waals surface area contributed by atoms with E-state index in [2.05, 4.69) is 39.2 Å². The first kappa shape index (κ1) is 41.6. The Morgan fingerprint density at radius 1 is 0.750 bits per heavy atom. The highest BCUT2D eigenvalue weighted by atomic mass is 32.1. The molecule has 0 aromatic heterocycles. The second kappa shape index (κ2) is 19.4. The number of likely N-dealkylation sites (tertiary alicyclic amines) is 1. The van der Waals surface area contributed by atoms with Crippen LogP contribution in [-0.4, -0.2) is 122 Å². The fourth-order valence-corrected chi connectivity index (χ4v) is 5.18. The van der Waals surface area contributed by atoms with Crippen LogP contribution < -0.4 is 26.6 Å². The summed E-state index contributed by atoms with van der Waals surface area (Å²) < 4.78 is 0. The maximum Gasteiger partial charge on any atom is 0.327 e. The highest BCUT2D eigenvalue weighted by molar-refractivity contribution is 7.80. The van der Waals surface area contributed by atoms with Crippen molar-refractivity contribution in [2.75, 3.05) is 12.3 Å². The Labute approximate surface area is 282 Å². The number of hydrogen-bond acceptors (Lipinski definition) is 10. The Bertz CT molecular complexity index is 1230. The number of aliphatic carboxylic acids is 3. The molecule has 7 atom stereocenters. The van der Waals surface area contributed by atoms with Crippen LogP contribution in [0.15, 0.2) is 0 Å². The topological polar surface area (TPSA) is 278 Å². The molecule has 0 saturated carbocycles. The molecular formula is C29H46N6O12S. The van der Waals surface area contributed by atoms with Crippen molar-refractivity contribution in [3.8, 4) is 0 Å².